The van der Waals surface area contributed by atoms with E-state index in [1.165, 1.54) is 31.5 Å². The summed E-state index contributed by atoms with van der Waals surface area (Å²) >= 11 is 0. The van der Waals surface area contributed by atoms with E-state index >= 15 is 0 Å². The summed E-state index contributed by atoms with van der Waals surface area (Å²) in [4.78, 5) is 2.54. The Kier molecular flexibility index (Phi) is 6.43. The van der Waals surface area contributed by atoms with Crippen LogP contribution in [0.2, 0.25) is 0 Å². The predicted octanol–water partition coefficient (Wildman–Crippen LogP) is 2.58. The molecule has 0 radical (unpaired) electrons. The summed E-state index contributed by atoms with van der Waals surface area (Å²) in [6, 6.07) is 0.650. The van der Waals surface area contributed by atoms with Crippen LogP contribution in [0.1, 0.15) is 33.6 Å². The highest BCUT2D eigenvalue weighted by molar-refractivity contribution is 5.23. The molecule has 0 bridgehead atoms. The number of rotatable bonds is 2. The second-order valence-electron chi connectivity index (χ2n) is 4.35. The van der Waals surface area contributed by atoms with Gasteiger partial charge in [-0.05, 0) is 25.3 Å². The molecule has 1 aliphatic carbocycles. The SMILES string of the molecule is CC.CC1CN(CC2=CCCC=C2)CCN1. The van der Waals surface area contributed by atoms with Crippen LogP contribution in [0.3, 0.4) is 0 Å². The molecule has 1 fully saturated rings. The Morgan fingerprint density at radius 1 is 1.38 bits per heavy atom. The summed E-state index contributed by atoms with van der Waals surface area (Å²) in [6.45, 7) is 10.9. The van der Waals surface area contributed by atoms with Gasteiger partial charge in [-0.1, -0.05) is 32.1 Å². The van der Waals surface area contributed by atoms with Gasteiger partial charge in [0.2, 0.25) is 0 Å². The van der Waals surface area contributed by atoms with Gasteiger partial charge < -0.3 is 5.32 Å². The molecule has 1 heterocycles. The maximum atomic E-state index is 3.47. The zero-order chi connectivity index (χ0) is 11.8. The number of allylic oxidation sites excluding steroid dienone is 2. The van der Waals surface area contributed by atoms with Gasteiger partial charge >= 0.3 is 0 Å². The van der Waals surface area contributed by atoms with Crippen molar-refractivity contribution >= 4 is 0 Å². The zero-order valence-electron chi connectivity index (χ0n) is 11.0. The summed E-state index contributed by atoms with van der Waals surface area (Å²) in [5.74, 6) is 0. The van der Waals surface area contributed by atoms with Crippen molar-refractivity contribution in [1.29, 1.82) is 0 Å². The monoisotopic (exact) mass is 222 g/mol. The Hall–Kier alpha value is -0.600. The molecule has 1 saturated heterocycles. The fourth-order valence-corrected chi connectivity index (χ4v) is 2.20. The molecule has 1 unspecified atom stereocenters. The normalized spacial score (nSPS) is 25.7. The van der Waals surface area contributed by atoms with Crippen LogP contribution >= 0.6 is 0 Å². The largest absolute Gasteiger partial charge is 0.312 e. The van der Waals surface area contributed by atoms with Crippen molar-refractivity contribution in [3.05, 3.63) is 23.8 Å². The third-order valence-electron chi connectivity index (χ3n) is 2.93. The molecule has 0 spiro atoms. The average molecular weight is 222 g/mol. The first-order valence-corrected chi connectivity index (χ1v) is 6.66. The number of nitrogens with one attached hydrogen (secondary N) is 1. The first-order chi connectivity index (χ1) is 7.84. The van der Waals surface area contributed by atoms with Gasteiger partial charge in [0.1, 0.15) is 0 Å². The molecular formula is C14H26N2. The number of piperazine rings is 1. The molecule has 0 aromatic heterocycles. The van der Waals surface area contributed by atoms with Crippen LogP contribution in [0.15, 0.2) is 23.8 Å². The highest BCUT2D eigenvalue weighted by Crippen LogP contribution is 2.12. The molecule has 0 aromatic rings. The summed E-state index contributed by atoms with van der Waals surface area (Å²) in [6.07, 6.45) is 9.42. The van der Waals surface area contributed by atoms with Gasteiger partial charge in [0.25, 0.3) is 0 Å². The third kappa shape index (κ3) is 4.50. The molecule has 16 heavy (non-hydrogen) atoms. The van der Waals surface area contributed by atoms with Crippen LogP contribution in [0, 0.1) is 0 Å². The molecule has 1 atom stereocenters. The molecule has 1 aliphatic heterocycles. The highest BCUT2D eigenvalue weighted by atomic mass is 15.2. The second-order valence-corrected chi connectivity index (χ2v) is 4.35. The van der Waals surface area contributed by atoms with Gasteiger partial charge in [-0.2, -0.15) is 0 Å². The van der Waals surface area contributed by atoms with E-state index in [2.05, 4.69) is 35.4 Å². The Balaban J connectivity index is 0.000000606. The van der Waals surface area contributed by atoms with Crippen LogP contribution in [-0.2, 0) is 0 Å². The summed E-state index contributed by atoms with van der Waals surface area (Å²) in [5, 5.41) is 3.47. The fraction of sp³-hybridized carbons (Fsp3) is 0.714. The van der Waals surface area contributed by atoms with Crippen LogP contribution < -0.4 is 5.32 Å². The molecule has 2 heteroatoms. The first kappa shape index (κ1) is 13.5. The molecular weight excluding hydrogens is 196 g/mol. The average Bonchev–Trinajstić information content (AvgIpc) is 2.33. The minimum absolute atomic E-state index is 0.650. The van der Waals surface area contributed by atoms with Crippen LogP contribution in [0.25, 0.3) is 0 Å². The van der Waals surface area contributed by atoms with E-state index in [1.807, 2.05) is 13.8 Å². The van der Waals surface area contributed by atoms with E-state index in [1.54, 1.807) is 0 Å². The maximum absolute atomic E-state index is 3.47. The Bertz CT molecular complexity index is 243. The van der Waals surface area contributed by atoms with E-state index in [0.717, 1.165) is 13.1 Å². The molecule has 0 aromatic carbocycles. The van der Waals surface area contributed by atoms with Crippen molar-refractivity contribution in [2.45, 2.75) is 39.7 Å². The minimum atomic E-state index is 0.650. The fourth-order valence-electron chi connectivity index (χ4n) is 2.20. The van der Waals surface area contributed by atoms with Crippen molar-refractivity contribution in [3.63, 3.8) is 0 Å². The molecule has 2 aliphatic rings. The molecule has 1 N–H and O–H groups in total. The van der Waals surface area contributed by atoms with Crippen LogP contribution in [0.4, 0.5) is 0 Å². The highest BCUT2D eigenvalue weighted by Gasteiger charge is 2.15. The van der Waals surface area contributed by atoms with Gasteiger partial charge in [-0.25, -0.2) is 0 Å². The van der Waals surface area contributed by atoms with Gasteiger partial charge in [-0.3, -0.25) is 4.90 Å². The Morgan fingerprint density at radius 3 is 2.81 bits per heavy atom. The molecule has 0 amide bonds. The summed E-state index contributed by atoms with van der Waals surface area (Å²) < 4.78 is 0. The molecule has 0 saturated carbocycles. The van der Waals surface area contributed by atoms with Crippen molar-refractivity contribution in [2.24, 2.45) is 0 Å². The van der Waals surface area contributed by atoms with Gasteiger partial charge in [-0.15, -0.1) is 0 Å². The van der Waals surface area contributed by atoms with E-state index in [-0.39, 0.29) is 0 Å². The lowest BCUT2D eigenvalue weighted by atomic mass is 10.1. The van der Waals surface area contributed by atoms with Crippen LogP contribution in [0.5, 0.6) is 0 Å². The second kappa shape index (κ2) is 7.64. The standard InChI is InChI=1S/C12H20N2.C2H6/c1-11-9-14(8-7-13-11)10-12-5-3-2-4-6-12;1-2/h3,5-6,11,13H,2,4,7-10H2,1H3;1-2H3. The van der Waals surface area contributed by atoms with Gasteiger partial charge in [0.15, 0.2) is 0 Å². The van der Waals surface area contributed by atoms with Crippen molar-refractivity contribution < 1.29 is 0 Å². The molecule has 92 valence electrons. The van der Waals surface area contributed by atoms with Gasteiger partial charge in [0, 0.05) is 32.2 Å². The van der Waals surface area contributed by atoms with E-state index in [0.29, 0.717) is 6.04 Å². The quantitative estimate of drug-likeness (QED) is 0.772. The minimum Gasteiger partial charge on any atom is -0.312 e. The number of hydrogen-bond donors (Lipinski definition) is 1. The lowest BCUT2D eigenvalue weighted by molar-refractivity contribution is 0.223. The number of hydrogen-bond acceptors (Lipinski definition) is 2. The Morgan fingerprint density at radius 2 is 2.19 bits per heavy atom. The molecule has 2 rings (SSSR count). The summed E-state index contributed by atoms with van der Waals surface area (Å²) in [5.41, 5.74) is 1.50. The smallest absolute Gasteiger partial charge is 0.0231 e. The van der Waals surface area contributed by atoms with E-state index in [9.17, 15) is 0 Å². The predicted molar refractivity (Wildman–Crippen MR) is 71.7 cm³/mol. The van der Waals surface area contributed by atoms with E-state index in [4.69, 9.17) is 0 Å². The zero-order valence-corrected chi connectivity index (χ0v) is 11.0. The topological polar surface area (TPSA) is 15.3 Å². The van der Waals surface area contributed by atoms with Crippen molar-refractivity contribution in [2.75, 3.05) is 26.2 Å². The lowest BCUT2D eigenvalue weighted by Crippen LogP contribution is -2.49. The maximum Gasteiger partial charge on any atom is 0.0231 e. The summed E-state index contributed by atoms with van der Waals surface area (Å²) in [7, 11) is 0. The molecule has 2 nitrogen and oxygen atoms in total. The third-order valence-corrected chi connectivity index (χ3v) is 2.93. The lowest BCUT2D eigenvalue weighted by Gasteiger charge is -2.32. The van der Waals surface area contributed by atoms with Gasteiger partial charge in [0.05, 0.1) is 0 Å². The Labute approximate surface area is 100 Å². The van der Waals surface area contributed by atoms with E-state index < -0.39 is 0 Å². The first-order valence-electron chi connectivity index (χ1n) is 6.66. The van der Waals surface area contributed by atoms with Crippen molar-refractivity contribution in [1.82, 2.24) is 10.2 Å². The van der Waals surface area contributed by atoms with Crippen molar-refractivity contribution in [3.8, 4) is 0 Å². The number of nitrogens with zero attached hydrogens (tertiary/aromatic N) is 1. The van der Waals surface area contributed by atoms with Crippen LogP contribution in [-0.4, -0.2) is 37.1 Å².